The molecule has 0 heterocycles. The Hall–Kier alpha value is -1.03. The van der Waals surface area contributed by atoms with Crippen molar-refractivity contribution in [2.75, 3.05) is 4.90 Å². The molecule has 1 aliphatic carbocycles. The molecule has 1 aromatic rings. The summed E-state index contributed by atoms with van der Waals surface area (Å²) in [6.45, 7) is 6.01. The van der Waals surface area contributed by atoms with Crippen molar-refractivity contribution >= 4 is 27.7 Å². The summed E-state index contributed by atoms with van der Waals surface area (Å²) in [5.41, 5.74) is 0.552. The fourth-order valence-corrected chi connectivity index (χ4v) is 2.00. The topological polar surface area (TPSA) is 29.5 Å². The predicted molar refractivity (Wildman–Crippen MR) is 75.9 cm³/mol. The maximum absolute atomic E-state index is 12.2. The Labute approximate surface area is 116 Å². The lowest BCUT2D eigenvalue weighted by Crippen LogP contribution is -2.46. The van der Waals surface area contributed by atoms with Crippen LogP contribution in [0, 0.1) is 0 Å². The number of carbonyl (C=O) groups is 1. The second-order valence-corrected chi connectivity index (χ2v) is 6.48. The Balaban J connectivity index is 2.23. The first-order valence-corrected chi connectivity index (χ1v) is 6.93. The Morgan fingerprint density at radius 1 is 1.28 bits per heavy atom. The Bertz CT molecular complexity index is 432. The van der Waals surface area contributed by atoms with E-state index < -0.39 is 0 Å². The molecule has 0 bridgehead atoms. The first-order valence-electron chi connectivity index (χ1n) is 6.14. The molecule has 0 atom stereocenters. The molecule has 3 nitrogen and oxygen atoms in total. The highest BCUT2D eigenvalue weighted by Gasteiger charge is 2.34. The number of rotatable bonds is 2. The summed E-state index contributed by atoms with van der Waals surface area (Å²) in [6.07, 6.45) is 1.85. The fourth-order valence-electron chi connectivity index (χ4n) is 1.74. The maximum atomic E-state index is 12.2. The summed E-state index contributed by atoms with van der Waals surface area (Å²) >= 11 is 3.40. The lowest BCUT2D eigenvalue weighted by Gasteiger charge is -2.34. The van der Waals surface area contributed by atoms with E-state index in [4.69, 9.17) is 4.74 Å². The second-order valence-electron chi connectivity index (χ2n) is 5.57. The number of hydrogen-bond acceptors (Lipinski definition) is 2. The van der Waals surface area contributed by atoms with Crippen molar-refractivity contribution in [3.8, 4) is 0 Å². The summed E-state index contributed by atoms with van der Waals surface area (Å²) in [4.78, 5) is 13.9. The number of amides is 1. The first-order chi connectivity index (χ1) is 8.38. The Kier molecular flexibility index (Phi) is 3.66. The number of nitrogens with zero attached hydrogens (tertiary/aromatic N) is 1. The van der Waals surface area contributed by atoms with Gasteiger partial charge in [-0.05, 0) is 57.9 Å². The molecule has 0 unspecified atom stereocenters. The van der Waals surface area contributed by atoms with Gasteiger partial charge >= 0.3 is 6.09 Å². The lowest BCUT2D eigenvalue weighted by molar-refractivity contribution is 0.141. The van der Waals surface area contributed by atoms with Gasteiger partial charge in [-0.3, -0.25) is 4.90 Å². The molecular formula is C14H18BrNO2. The van der Waals surface area contributed by atoms with Crippen molar-refractivity contribution in [2.24, 2.45) is 0 Å². The van der Waals surface area contributed by atoms with E-state index in [9.17, 15) is 4.79 Å². The number of ether oxygens (including phenoxy) is 1. The van der Waals surface area contributed by atoms with Crippen molar-refractivity contribution in [3.05, 3.63) is 28.7 Å². The van der Waals surface area contributed by atoms with Crippen LogP contribution in [0.1, 0.15) is 33.6 Å². The maximum Gasteiger partial charge on any atom is 0.415 e. The minimum atomic E-state index is -0.306. The summed E-state index contributed by atoms with van der Waals surface area (Å²) in [6, 6.07) is 7.70. The van der Waals surface area contributed by atoms with E-state index in [1.165, 1.54) is 0 Å². The van der Waals surface area contributed by atoms with E-state index in [-0.39, 0.29) is 17.7 Å². The average molecular weight is 312 g/mol. The second kappa shape index (κ2) is 4.92. The highest BCUT2D eigenvalue weighted by Crippen LogP contribution is 2.30. The highest BCUT2D eigenvalue weighted by molar-refractivity contribution is 9.10. The molecule has 1 aromatic carbocycles. The van der Waals surface area contributed by atoms with Gasteiger partial charge in [-0.2, -0.15) is 0 Å². The molecule has 1 saturated carbocycles. The van der Waals surface area contributed by atoms with Gasteiger partial charge in [0.1, 0.15) is 6.10 Å². The third-order valence-electron chi connectivity index (χ3n) is 2.73. The zero-order valence-electron chi connectivity index (χ0n) is 10.9. The van der Waals surface area contributed by atoms with Gasteiger partial charge in [0, 0.05) is 15.7 Å². The lowest BCUT2D eigenvalue weighted by atomic mass is 10.1. The fraction of sp³-hybridized carbons (Fsp3) is 0.500. The molecule has 2 rings (SSSR count). The van der Waals surface area contributed by atoms with E-state index in [0.717, 1.165) is 23.0 Å². The van der Waals surface area contributed by atoms with E-state index in [1.54, 1.807) is 4.90 Å². The molecule has 1 aliphatic rings. The van der Waals surface area contributed by atoms with Crippen molar-refractivity contribution in [1.29, 1.82) is 0 Å². The normalized spacial score (nSPS) is 15.3. The Morgan fingerprint density at radius 3 is 2.28 bits per heavy atom. The molecule has 1 amide bonds. The van der Waals surface area contributed by atoms with Crippen molar-refractivity contribution in [3.63, 3.8) is 0 Å². The minimum Gasteiger partial charge on any atom is -0.446 e. The molecule has 4 heteroatoms. The van der Waals surface area contributed by atoms with Crippen LogP contribution in [-0.4, -0.2) is 17.7 Å². The van der Waals surface area contributed by atoms with E-state index in [0.29, 0.717) is 0 Å². The molecule has 0 aromatic heterocycles. The SMILES string of the molecule is CC(C)(C)N(C(=O)OC1CC1)c1ccc(Br)cc1. The summed E-state index contributed by atoms with van der Waals surface area (Å²) in [5.74, 6) is 0. The van der Waals surface area contributed by atoms with Crippen LogP contribution in [0.25, 0.3) is 0 Å². The first kappa shape index (κ1) is 13.4. The summed E-state index contributed by atoms with van der Waals surface area (Å²) < 4.78 is 6.41. The van der Waals surface area contributed by atoms with E-state index in [2.05, 4.69) is 15.9 Å². The number of anilines is 1. The van der Waals surface area contributed by atoms with Crippen LogP contribution in [0.5, 0.6) is 0 Å². The zero-order valence-corrected chi connectivity index (χ0v) is 12.5. The summed E-state index contributed by atoms with van der Waals surface area (Å²) in [7, 11) is 0. The minimum absolute atomic E-state index is 0.123. The molecular weight excluding hydrogens is 294 g/mol. The van der Waals surface area contributed by atoms with Crippen molar-refractivity contribution < 1.29 is 9.53 Å². The van der Waals surface area contributed by atoms with Gasteiger partial charge in [-0.1, -0.05) is 15.9 Å². The molecule has 0 spiro atoms. The van der Waals surface area contributed by atoms with Gasteiger partial charge in [-0.25, -0.2) is 4.79 Å². The number of halogens is 1. The third kappa shape index (κ3) is 3.25. The average Bonchev–Trinajstić information content (AvgIpc) is 3.03. The smallest absolute Gasteiger partial charge is 0.415 e. The molecule has 1 fully saturated rings. The standard InChI is InChI=1S/C14H18BrNO2/c1-14(2,3)16(13(17)18-12-8-9-12)11-6-4-10(15)5-7-11/h4-7,12H,8-9H2,1-3H3. The zero-order chi connectivity index (χ0) is 13.3. The van der Waals surface area contributed by atoms with Gasteiger partial charge < -0.3 is 4.74 Å². The highest BCUT2D eigenvalue weighted by atomic mass is 79.9. The van der Waals surface area contributed by atoms with Crippen molar-refractivity contribution in [2.45, 2.75) is 45.3 Å². The molecule has 98 valence electrons. The molecule has 18 heavy (non-hydrogen) atoms. The van der Waals surface area contributed by atoms with Gasteiger partial charge in [0.05, 0.1) is 0 Å². The number of hydrogen-bond donors (Lipinski definition) is 0. The van der Waals surface area contributed by atoms with Crippen LogP contribution in [0.15, 0.2) is 28.7 Å². The van der Waals surface area contributed by atoms with Gasteiger partial charge in [0.25, 0.3) is 0 Å². The van der Waals surface area contributed by atoms with Gasteiger partial charge in [-0.15, -0.1) is 0 Å². The third-order valence-corrected chi connectivity index (χ3v) is 3.26. The van der Waals surface area contributed by atoms with Crippen LogP contribution in [0.4, 0.5) is 10.5 Å². The number of carbonyl (C=O) groups excluding carboxylic acids is 1. The molecule has 0 saturated heterocycles. The largest absolute Gasteiger partial charge is 0.446 e. The van der Waals surface area contributed by atoms with Crippen LogP contribution >= 0.6 is 15.9 Å². The van der Waals surface area contributed by atoms with Crippen LogP contribution < -0.4 is 4.90 Å². The van der Waals surface area contributed by atoms with Gasteiger partial charge in [0.15, 0.2) is 0 Å². The quantitative estimate of drug-likeness (QED) is 0.812. The van der Waals surface area contributed by atoms with Crippen LogP contribution in [0.2, 0.25) is 0 Å². The Morgan fingerprint density at radius 2 is 1.83 bits per heavy atom. The van der Waals surface area contributed by atoms with Crippen LogP contribution in [-0.2, 0) is 4.74 Å². The van der Waals surface area contributed by atoms with Gasteiger partial charge in [0.2, 0.25) is 0 Å². The molecule has 0 N–H and O–H groups in total. The molecule has 0 aliphatic heterocycles. The number of benzene rings is 1. The van der Waals surface area contributed by atoms with E-state index in [1.807, 2.05) is 45.0 Å². The van der Waals surface area contributed by atoms with Crippen LogP contribution in [0.3, 0.4) is 0 Å². The predicted octanol–water partition coefficient (Wildman–Crippen LogP) is 4.35. The monoisotopic (exact) mass is 311 g/mol. The summed E-state index contributed by atoms with van der Waals surface area (Å²) in [5, 5.41) is 0. The van der Waals surface area contributed by atoms with E-state index >= 15 is 0 Å². The molecule has 0 radical (unpaired) electrons. The van der Waals surface area contributed by atoms with Crippen molar-refractivity contribution in [1.82, 2.24) is 0 Å².